The zero-order valence-corrected chi connectivity index (χ0v) is 21.0. The first-order valence-electron chi connectivity index (χ1n) is 11.9. The molecule has 2 heterocycles. The van der Waals surface area contributed by atoms with E-state index in [-0.39, 0.29) is 17.8 Å². The molecule has 1 fully saturated rings. The van der Waals surface area contributed by atoms with Crippen LogP contribution >= 0.6 is 0 Å². The highest BCUT2D eigenvalue weighted by Gasteiger charge is 2.36. The number of piperazine rings is 1. The Labute approximate surface area is 217 Å². The Kier molecular flexibility index (Phi) is 7.33. The second-order valence-electron chi connectivity index (χ2n) is 9.40. The number of hydrogen-bond acceptors (Lipinski definition) is 4. The minimum absolute atomic E-state index is 0.162. The molecule has 0 unspecified atom stereocenters. The molecule has 10 heteroatoms. The third kappa shape index (κ3) is 5.58. The fraction of sp³-hybridized carbons (Fsp3) is 0.286. The van der Waals surface area contributed by atoms with Gasteiger partial charge in [0.25, 0.3) is 11.5 Å². The molecule has 2 aromatic carbocycles. The van der Waals surface area contributed by atoms with Crippen molar-refractivity contribution in [1.29, 1.82) is 0 Å². The Morgan fingerprint density at radius 3 is 2.11 bits per heavy atom. The summed E-state index contributed by atoms with van der Waals surface area (Å²) in [4.78, 5) is 29.2. The van der Waals surface area contributed by atoms with Gasteiger partial charge in [-0.3, -0.25) is 19.1 Å². The van der Waals surface area contributed by atoms with Crippen LogP contribution in [0.15, 0.2) is 59.5 Å². The van der Waals surface area contributed by atoms with Crippen LogP contribution in [0.3, 0.4) is 0 Å². The predicted molar refractivity (Wildman–Crippen MR) is 137 cm³/mol. The van der Waals surface area contributed by atoms with Crippen molar-refractivity contribution in [1.82, 2.24) is 9.47 Å². The molecule has 198 valence electrons. The van der Waals surface area contributed by atoms with Gasteiger partial charge in [0, 0.05) is 48.6 Å². The Morgan fingerprint density at radius 1 is 0.947 bits per heavy atom. The number of nitrogens with zero attached hydrogens (tertiary/aromatic N) is 3. The number of likely N-dealkylation sites (N-methyl/N-ethyl adjacent to an activating group) is 1. The first-order valence-corrected chi connectivity index (χ1v) is 11.9. The van der Waals surface area contributed by atoms with Crippen molar-refractivity contribution in [2.75, 3.05) is 25.0 Å². The van der Waals surface area contributed by atoms with Gasteiger partial charge in [-0.2, -0.15) is 13.2 Å². The minimum atomic E-state index is -4.93. The molecule has 1 saturated heterocycles. The maximum atomic E-state index is 13.6. The number of pyridine rings is 1. The number of halogens is 4. The summed E-state index contributed by atoms with van der Waals surface area (Å²) >= 11 is 0. The molecule has 0 aliphatic carbocycles. The largest absolute Gasteiger partial charge is 0.417 e. The number of nitrogens with two attached hydrogens (primary N) is 1. The van der Waals surface area contributed by atoms with Gasteiger partial charge in [-0.05, 0) is 63.4 Å². The summed E-state index contributed by atoms with van der Waals surface area (Å²) < 4.78 is 54.9. The van der Waals surface area contributed by atoms with Crippen LogP contribution < -0.4 is 16.2 Å². The zero-order valence-electron chi connectivity index (χ0n) is 21.0. The smallest absolute Gasteiger partial charge is 0.367 e. The SMILES string of the molecule is C[C@@H]1CN(c2ccc(C#Cc3ccc(F)cc3)cc2-n2cc(C(N)=O)c(C(F)(F)F)cc2=O)C[C@H](C)N1C. The Balaban J connectivity index is 1.90. The maximum Gasteiger partial charge on any atom is 0.417 e. The van der Waals surface area contributed by atoms with Crippen molar-refractivity contribution in [3.63, 3.8) is 0 Å². The number of primary amides is 1. The van der Waals surface area contributed by atoms with Crippen molar-refractivity contribution >= 4 is 11.6 Å². The quantitative estimate of drug-likeness (QED) is 0.414. The number of hydrogen-bond donors (Lipinski definition) is 1. The van der Waals surface area contributed by atoms with Gasteiger partial charge in [-0.15, -0.1) is 0 Å². The molecule has 1 aliphatic heterocycles. The van der Waals surface area contributed by atoms with Crippen LogP contribution in [0.4, 0.5) is 23.2 Å². The molecule has 0 radical (unpaired) electrons. The van der Waals surface area contributed by atoms with Gasteiger partial charge >= 0.3 is 6.18 Å². The van der Waals surface area contributed by atoms with Crippen LogP contribution in [0, 0.1) is 17.7 Å². The molecule has 0 bridgehead atoms. The van der Waals surface area contributed by atoms with Gasteiger partial charge in [0.05, 0.1) is 22.5 Å². The number of rotatable bonds is 3. The molecule has 2 N–H and O–H groups in total. The first-order chi connectivity index (χ1) is 17.8. The van der Waals surface area contributed by atoms with Crippen LogP contribution in [-0.2, 0) is 6.18 Å². The highest BCUT2D eigenvalue weighted by Crippen LogP contribution is 2.33. The number of anilines is 1. The monoisotopic (exact) mass is 526 g/mol. The summed E-state index contributed by atoms with van der Waals surface area (Å²) in [6, 6.07) is 11.4. The van der Waals surface area contributed by atoms with Gasteiger partial charge in [0.2, 0.25) is 0 Å². The van der Waals surface area contributed by atoms with Crippen molar-refractivity contribution < 1.29 is 22.4 Å². The molecule has 4 rings (SSSR count). The minimum Gasteiger partial charge on any atom is -0.367 e. The van der Waals surface area contributed by atoms with Gasteiger partial charge in [-0.1, -0.05) is 11.8 Å². The summed E-state index contributed by atoms with van der Waals surface area (Å²) in [7, 11) is 2.02. The second-order valence-corrected chi connectivity index (χ2v) is 9.40. The lowest BCUT2D eigenvalue weighted by Gasteiger charge is -2.44. The number of aromatic nitrogens is 1. The normalized spacial score (nSPS) is 18.1. The van der Waals surface area contributed by atoms with Gasteiger partial charge < -0.3 is 10.6 Å². The Morgan fingerprint density at radius 2 is 1.53 bits per heavy atom. The predicted octanol–water partition coefficient (Wildman–Crippen LogP) is 4.02. The lowest BCUT2D eigenvalue weighted by Crippen LogP contribution is -2.55. The van der Waals surface area contributed by atoms with E-state index in [4.69, 9.17) is 5.73 Å². The Bertz CT molecular complexity index is 1470. The highest BCUT2D eigenvalue weighted by molar-refractivity contribution is 5.94. The standard InChI is InChI=1S/C28H26F4N4O2/c1-17-14-35(15-18(2)34(17)3)24-11-8-20(5-4-19-6-9-21(29)10-7-19)12-25(24)36-16-22(27(33)38)23(13-26(36)37)28(30,31)32/h6-13,16-18H,14-15H2,1-3H3,(H2,33,38)/t17-,18+. The van der Waals surface area contributed by atoms with E-state index in [1.165, 1.54) is 24.3 Å². The zero-order chi connectivity index (χ0) is 27.8. The van der Waals surface area contributed by atoms with Crippen molar-refractivity contribution in [2.45, 2.75) is 32.1 Å². The molecular weight excluding hydrogens is 500 g/mol. The van der Waals surface area contributed by atoms with E-state index in [1.807, 2.05) is 7.05 Å². The maximum absolute atomic E-state index is 13.6. The highest BCUT2D eigenvalue weighted by atomic mass is 19.4. The van der Waals surface area contributed by atoms with E-state index >= 15 is 0 Å². The molecule has 1 aliphatic rings. The summed E-state index contributed by atoms with van der Waals surface area (Å²) in [5.41, 5.74) is 3.99. The fourth-order valence-corrected chi connectivity index (χ4v) is 4.49. The van der Waals surface area contributed by atoms with E-state index in [0.717, 1.165) is 10.8 Å². The third-order valence-electron chi connectivity index (χ3n) is 6.76. The van der Waals surface area contributed by atoms with Crippen LogP contribution in [0.2, 0.25) is 0 Å². The summed E-state index contributed by atoms with van der Waals surface area (Å²) in [5, 5.41) is 0. The molecule has 38 heavy (non-hydrogen) atoms. The van der Waals surface area contributed by atoms with Gasteiger partial charge in [0.15, 0.2) is 0 Å². The first kappa shape index (κ1) is 26.9. The van der Waals surface area contributed by atoms with Gasteiger partial charge in [0.1, 0.15) is 5.82 Å². The average molecular weight is 527 g/mol. The number of benzene rings is 2. The molecule has 0 saturated carbocycles. The average Bonchev–Trinajstić information content (AvgIpc) is 2.85. The van der Waals surface area contributed by atoms with Crippen LogP contribution in [0.1, 0.15) is 40.9 Å². The number of amides is 1. The van der Waals surface area contributed by atoms with E-state index in [1.54, 1.807) is 18.2 Å². The number of carbonyl (C=O) groups excluding carboxylic acids is 1. The van der Waals surface area contributed by atoms with E-state index in [9.17, 15) is 27.2 Å². The third-order valence-corrected chi connectivity index (χ3v) is 6.76. The lowest BCUT2D eigenvalue weighted by molar-refractivity contribution is -0.138. The molecule has 1 amide bonds. The second kappa shape index (κ2) is 10.3. The van der Waals surface area contributed by atoms with E-state index in [0.29, 0.717) is 36.0 Å². The van der Waals surface area contributed by atoms with E-state index in [2.05, 4.69) is 35.5 Å². The molecule has 6 nitrogen and oxygen atoms in total. The summed E-state index contributed by atoms with van der Waals surface area (Å²) in [5.74, 6) is 4.16. The van der Waals surface area contributed by atoms with Crippen molar-refractivity contribution in [2.24, 2.45) is 5.73 Å². The van der Waals surface area contributed by atoms with Crippen molar-refractivity contribution in [3.8, 4) is 17.5 Å². The fourth-order valence-electron chi connectivity index (χ4n) is 4.49. The van der Waals surface area contributed by atoms with Crippen LogP contribution in [0.25, 0.3) is 5.69 Å². The summed E-state index contributed by atoms with van der Waals surface area (Å²) in [6.07, 6.45) is -4.09. The number of carbonyl (C=O) groups is 1. The van der Waals surface area contributed by atoms with Crippen LogP contribution in [-0.4, -0.2) is 47.6 Å². The molecule has 3 aromatic rings. The topological polar surface area (TPSA) is 71.6 Å². The molecule has 1 aromatic heterocycles. The number of alkyl halides is 3. The van der Waals surface area contributed by atoms with Crippen molar-refractivity contribution in [3.05, 3.63) is 93.2 Å². The van der Waals surface area contributed by atoms with Gasteiger partial charge in [-0.25, -0.2) is 4.39 Å². The molecule has 0 spiro atoms. The van der Waals surface area contributed by atoms with Crippen LogP contribution in [0.5, 0.6) is 0 Å². The molecular formula is C28H26F4N4O2. The lowest BCUT2D eigenvalue weighted by atomic mass is 10.1. The Hall–Kier alpha value is -4.10. The summed E-state index contributed by atoms with van der Waals surface area (Å²) in [6.45, 7) is 5.32. The van der Waals surface area contributed by atoms with E-state index < -0.39 is 34.6 Å². The molecule has 2 atom stereocenters.